The summed E-state index contributed by atoms with van der Waals surface area (Å²) < 4.78 is 1.69. The number of nitrogens with one attached hydrogen (secondary N) is 2. The molecule has 6 heteroatoms. The van der Waals surface area contributed by atoms with Gasteiger partial charge in [-0.1, -0.05) is 18.5 Å². The summed E-state index contributed by atoms with van der Waals surface area (Å²) in [4.78, 5) is 12.0. The van der Waals surface area contributed by atoms with Crippen LogP contribution in [0.15, 0.2) is 36.7 Å². The van der Waals surface area contributed by atoms with Crippen LogP contribution in [0.3, 0.4) is 0 Å². The van der Waals surface area contributed by atoms with Gasteiger partial charge in [-0.15, -0.1) is 0 Å². The molecule has 2 aromatic rings. The average molecular weight is 307 g/mol. The van der Waals surface area contributed by atoms with Gasteiger partial charge >= 0.3 is 0 Å². The largest absolute Gasteiger partial charge is 0.323 e. The highest BCUT2D eigenvalue weighted by molar-refractivity contribution is 6.31. The summed E-state index contributed by atoms with van der Waals surface area (Å²) in [7, 11) is 0. The summed E-state index contributed by atoms with van der Waals surface area (Å²) in [6.07, 6.45) is 4.48. The zero-order valence-electron chi connectivity index (χ0n) is 12.1. The van der Waals surface area contributed by atoms with Crippen LogP contribution in [0.25, 0.3) is 5.69 Å². The number of benzene rings is 1. The summed E-state index contributed by atoms with van der Waals surface area (Å²) in [5, 5.41) is 10.8. The Morgan fingerprint density at radius 2 is 2.29 bits per heavy atom. The van der Waals surface area contributed by atoms with Gasteiger partial charge in [-0.3, -0.25) is 4.79 Å². The SMILES string of the molecule is CCC(C)NCC(=O)Nc1cc(Cl)ccc1-n1cccn1. The van der Waals surface area contributed by atoms with E-state index in [2.05, 4.69) is 22.7 Å². The van der Waals surface area contributed by atoms with Crippen molar-refractivity contribution in [1.29, 1.82) is 0 Å². The summed E-state index contributed by atoms with van der Waals surface area (Å²) in [6, 6.07) is 7.45. The molecule has 2 N–H and O–H groups in total. The van der Waals surface area contributed by atoms with Gasteiger partial charge < -0.3 is 10.6 Å². The van der Waals surface area contributed by atoms with Crippen molar-refractivity contribution >= 4 is 23.2 Å². The summed E-state index contributed by atoms with van der Waals surface area (Å²) in [6.45, 7) is 4.38. The van der Waals surface area contributed by atoms with Gasteiger partial charge in [-0.25, -0.2) is 4.68 Å². The van der Waals surface area contributed by atoms with Crippen molar-refractivity contribution in [2.24, 2.45) is 0 Å². The Balaban J connectivity index is 2.12. The summed E-state index contributed by atoms with van der Waals surface area (Å²) >= 11 is 6.02. The zero-order chi connectivity index (χ0) is 15.2. The molecule has 0 aliphatic carbocycles. The lowest BCUT2D eigenvalue weighted by Gasteiger charge is -2.14. The van der Waals surface area contributed by atoms with Crippen molar-refractivity contribution in [2.75, 3.05) is 11.9 Å². The maximum absolute atomic E-state index is 12.0. The minimum absolute atomic E-state index is 0.106. The van der Waals surface area contributed by atoms with Gasteiger partial charge in [0.15, 0.2) is 0 Å². The van der Waals surface area contributed by atoms with Gasteiger partial charge in [0.1, 0.15) is 0 Å². The molecule has 1 unspecified atom stereocenters. The number of carbonyl (C=O) groups excluding carboxylic acids is 1. The van der Waals surface area contributed by atoms with Crippen LogP contribution in [-0.4, -0.2) is 28.3 Å². The molecule has 1 heterocycles. The number of amides is 1. The number of hydrogen-bond donors (Lipinski definition) is 2. The molecule has 1 amide bonds. The Hall–Kier alpha value is -1.85. The van der Waals surface area contributed by atoms with E-state index < -0.39 is 0 Å². The molecule has 0 spiro atoms. The molecule has 0 saturated heterocycles. The number of halogens is 1. The first kappa shape index (κ1) is 15.5. The van der Waals surface area contributed by atoms with E-state index in [4.69, 9.17) is 11.6 Å². The highest BCUT2D eigenvalue weighted by atomic mass is 35.5. The smallest absolute Gasteiger partial charge is 0.238 e. The van der Waals surface area contributed by atoms with E-state index in [0.717, 1.165) is 12.1 Å². The number of carbonyl (C=O) groups is 1. The molecule has 2 rings (SSSR count). The second-order valence-corrected chi connectivity index (χ2v) is 5.29. The monoisotopic (exact) mass is 306 g/mol. The standard InChI is InChI=1S/C15H19ClN4O/c1-3-11(2)17-10-15(21)19-13-9-12(16)5-6-14(13)20-8-4-7-18-20/h4-9,11,17H,3,10H2,1-2H3,(H,19,21). The first-order valence-electron chi connectivity index (χ1n) is 6.93. The van der Waals surface area contributed by atoms with Gasteiger partial charge in [-0.05, 0) is 37.6 Å². The van der Waals surface area contributed by atoms with Crippen LogP contribution in [0.5, 0.6) is 0 Å². The van der Waals surface area contributed by atoms with E-state index in [1.165, 1.54) is 0 Å². The Bertz CT molecular complexity index is 598. The van der Waals surface area contributed by atoms with Crippen LogP contribution in [0.4, 0.5) is 5.69 Å². The van der Waals surface area contributed by atoms with E-state index in [-0.39, 0.29) is 12.5 Å². The van der Waals surface area contributed by atoms with Crippen LogP contribution >= 0.6 is 11.6 Å². The Morgan fingerprint density at radius 1 is 1.48 bits per heavy atom. The molecule has 112 valence electrons. The number of aromatic nitrogens is 2. The van der Waals surface area contributed by atoms with Gasteiger partial charge in [0, 0.05) is 23.5 Å². The third kappa shape index (κ3) is 4.31. The molecule has 1 aromatic carbocycles. The van der Waals surface area contributed by atoms with E-state index in [0.29, 0.717) is 16.8 Å². The molecule has 0 saturated carbocycles. The molecule has 1 atom stereocenters. The highest BCUT2D eigenvalue weighted by Crippen LogP contribution is 2.24. The minimum atomic E-state index is -0.106. The molecule has 5 nitrogen and oxygen atoms in total. The minimum Gasteiger partial charge on any atom is -0.323 e. The maximum Gasteiger partial charge on any atom is 0.238 e. The van der Waals surface area contributed by atoms with Crippen molar-refractivity contribution in [1.82, 2.24) is 15.1 Å². The van der Waals surface area contributed by atoms with Gasteiger partial charge in [0.2, 0.25) is 5.91 Å². The van der Waals surface area contributed by atoms with Crippen LogP contribution < -0.4 is 10.6 Å². The molecule has 0 fully saturated rings. The third-order valence-corrected chi connectivity index (χ3v) is 3.44. The number of nitrogens with zero attached hydrogens (tertiary/aromatic N) is 2. The van der Waals surface area contributed by atoms with E-state index in [1.54, 1.807) is 23.0 Å². The van der Waals surface area contributed by atoms with Gasteiger partial charge in [0.25, 0.3) is 0 Å². The van der Waals surface area contributed by atoms with Crippen LogP contribution in [0.2, 0.25) is 5.02 Å². The van der Waals surface area contributed by atoms with Crippen molar-refractivity contribution in [3.8, 4) is 5.69 Å². The second kappa shape index (κ2) is 7.24. The lowest BCUT2D eigenvalue weighted by atomic mass is 10.2. The topological polar surface area (TPSA) is 59.0 Å². The Morgan fingerprint density at radius 3 is 2.95 bits per heavy atom. The lowest BCUT2D eigenvalue weighted by Crippen LogP contribution is -2.34. The average Bonchev–Trinajstić information content (AvgIpc) is 2.99. The summed E-state index contributed by atoms with van der Waals surface area (Å²) in [5.74, 6) is -0.106. The van der Waals surface area contributed by atoms with Crippen LogP contribution in [-0.2, 0) is 4.79 Å². The molecule has 0 aliphatic heterocycles. The molecular weight excluding hydrogens is 288 g/mol. The molecule has 21 heavy (non-hydrogen) atoms. The Kier molecular flexibility index (Phi) is 5.36. The van der Waals surface area contributed by atoms with Crippen LogP contribution in [0.1, 0.15) is 20.3 Å². The number of anilines is 1. The van der Waals surface area contributed by atoms with Gasteiger partial charge in [0.05, 0.1) is 17.9 Å². The summed E-state index contributed by atoms with van der Waals surface area (Å²) in [5.41, 5.74) is 1.42. The molecular formula is C15H19ClN4O. The van der Waals surface area contributed by atoms with Crippen molar-refractivity contribution < 1.29 is 4.79 Å². The second-order valence-electron chi connectivity index (χ2n) is 4.85. The molecule has 0 bridgehead atoms. The fraction of sp³-hybridized carbons (Fsp3) is 0.333. The van der Waals surface area contributed by atoms with Crippen molar-refractivity contribution in [3.63, 3.8) is 0 Å². The quantitative estimate of drug-likeness (QED) is 0.863. The number of rotatable bonds is 6. The zero-order valence-corrected chi connectivity index (χ0v) is 12.9. The van der Waals surface area contributed by atoms with Crippen molar-refractivity contribution in [3.05, 3.63) is 41.7 Å². The van der Waals surface area contributed by atoms with E-state index in [9.17, 15) is 4.79 Å². The van der Waals surface area contributed by atoms with E-state index in [1.807, 2.05) is 25.3 Å². The maximum atomic E-state index is 12.0. The molecule has 1 aromatic heterocycles. The lowest BCUT2D eigenvalue weighted by molar-refractivity contribution is -0.115. The first-order valence-corrected chi connectivity index (χ1v) is 7.30. The van der Waals surface area contributed by atoms with Crippen LogP contribution in [0, 0.1) is 0 Å². The Labute approximate surface area is 129 Å². The highest BCUT2D eigenvalue weighted by Gasteiger charge is 2.10. The fourth-order valence-corrected chi connectivity index (χ4v) is 2.00. The van der Waals surface area contributed by atoms with Gasteiger partial charge in [-0.2, -0.15) is 5.10 Å². The predicted molar refractivity (Wildman–Crippen MR) is 85.0 cm³/mol. The first-order chi connectivity index (χ1) is 10.1. The van der Waals surface area contributed by atoms with E-state index >= 15 is 0 Å². The predicted octanol–water partition coefficient (Wildman–Crippen LogP) is 2.85. The fourth-order valence-electron chi connectivity index (χ4n) is 1.83. The van der Waals surface area contributed by atoms with Crippen molar-refractivity contribution in [2.45, 2.75) is 26.3 Å². The number of hydrogen-bond acceptors (Lipinski definition) is 3. The third-order valence-electron chi connectivity index (χ3n) is 3.21. The molecule has 0 aliphatic rings. The molecule has 0 radical (unpaired) electrons. The normalized spacial score (nSPS) is 12.1.